The van der Waals surface area contributed by atoms with E-state index in [1.165, 1.54) is 17.2 Å². The third-order valence-electron chi connectivity index (χ3n) is 5.26. The Morgan fingerprint density at radius 3 is 2.68 bits per heavy atom. The maximum Gasteiger partial charge on any atom is 0.422 e. The fourth-order valence-corrected chi connectivity index (χ4v) is 3.88. The molecule has 3 heterocycles. The fourth-order valence-electron chi connectivity index (χ4n) is 3.88. The zero-order valence-corrected chi connectivity index (χ0v) is 16.6. The molecule has 2 aliphatic rings. The molecule has 1 saturated heterocycles. The van der Waals surface area contributed by atoms with Crippen molar-refractivity contribution in [2.24, 2.45) is 0 Å². The topological polar surface area (TPSA) is 83.0 Å². The van der Waals surface area contributed by atoms with Crippen molar-refractivity contribution in [1.82, 2.24) is 9.88 Å². The number of fused-ring (bicyclic) bond motifs is 1. The number of pyridine rings is 1. The number of nitrogens with zero attached hydrogens (tertiary/aromatic N) is 3. The van der Waals surface area contributed by atoms with E-state index in [0.717, 1.165) is 5.56 Å². The van der Waals surface area contributed by atoms with Crippen molar-refractivity contribution in [2.75, 3.05) is 18.1 Å². The van der Waals surface area contributed by atoms with Gasteiger partial charge in [-0.3, -0.25) is 14.5 Å². The van der Waals surface area contributed by atoms with Gasteiger partial charge in [-0.2, -0.15) is 13.2 Å². The third kappa shape index (κ3) is 4.34. The van der Waals surface area contributed by atoms with Crippen LogP contribution in [0.5, 0.6) is 5.75 Å². The van der Waals surface area contributed by atoms with E-state index in [1.807, 2.05) is 0 Å². The number of halogens is 3. The van der Waals surface area contributed by atoms with Gasteiger partial charge in [-0.05, 0) is 30.2 Å². The van der Waals surface area contributed by atoms with E-state index < -0.39 is 18.9 Å². The number of β-amino-alcohol motifs (C(OH)–C–C–N with tert-alkyl or cyclic N) is 1. The lowest BCUT2D eigenvalue weighted by molar-refractivity contribution is -0.153. The highest BCUT2D eigenvalue weighted by Gasteiger charge is 2.36. The van der Waals surface area contributed by atoms with E-state index in [0.29, 0.717) is 22.5 Å². The van der Waals surface area contributed by atoms with Crippen LogP contribution in [0.15, 0.2) is 30.5 Å². The number of carbonyl (C=O) groups is 2. The standard InChI is InChI=1S/C21H20F3N3O4/c1-12-6-13(2-3-17(12)31-11-21(22,23)24)8-26-10-16-15(20(26)30)4-5-25-19(16)27-9-14(28)7-18(27)29/h2-6,14,28H,7-11H2,1H3/t14-/m1/s1. The Bertz CT molecular complexity index is 1040. The second kappa shape index (κ2) is 7.84. The van der Waals surface area contributed by atoms with Crippen LogP contribution < -0.4 is 9.64 Å². The molecule has 0 bridgehead atoms. The molecule has 1 N–H and O–H groups in total. The predicted molar refractivity (Wildman–Crippen MR) is 104 cm³/mol. The molecule has 2 amide bonds. The number of aromatic nitrogens is 1. The van der Waals surface area contributed by atoms with E-state index in [4.69, 9.17) is 4.74 Å². The number of anilines is 1. The fraction of sp³-hybridized carbons (Fsp3) is 0.381. The van der Waals surface area contributed by atoms with Crippen molar-refractivity contribution >= 4 is 17.6 Å². The predicted octanol–water partition coefficient (Wildman–Crippen LogP) is 2.58. The van der Waals surface area contributed by atoms with Gasteiger partial charge in [0.05, 0.1) is 25.6 Å². The minimum Gasteiger partial charge on any atom is -0.484 e. The molecule has 1 atom stereocenters. The van der Waals surface area contributed by atoms with Crippen LogP contribution in [0.4, 0.5) is 19.0 Å². The zero-order chi connectivity index (χ0) is 22.3. The van der Waals surface area contributed by atoms with Gasteiger partial charge in [-0.15, -0.1) is 0 Å². The van der Waals surface area contributed by atoms with Crippen LogP contribution in [-0.2, 0) is 17.9 Å². The highest BCUT2D eigenvalue weighted by atomic mass is 19.4. The number of aliphatic hydroxyl groups excluding tert-OH is 1. The third-order valence-corrected chi connectivity index (χ3v) is 5.26. The molecule has 0 spiro atoms. The summed E-state index contributed by atoms with van der Waals surface area (Å²) in [6.45, 7) is 0.885. The summed E-state index contributed by atoms with van der Waals surface area (Å²) in [6.07, 6.45) is -3.70. The molecule has 0 unspecified atom stereocenters. The Kier molecular flexibility index (Phi) is 5.34. The van der Waals surface area contributed by atoms with Crippen LogP contribution in [0.25, 0.3) is 0 Å². The highest BCUT2D eigenvalue weighted by molar-refractivity contribution is 6.02. The first-order chi connectivity index (χ1) is 14.6. The smallest absolute Gasteiger partial charge is 0.422 e. The highest BCUT2D eigenvalue weighted by Crippen LogP contribution is 2.33. The van der Waals surface area contributed by atoms with Crippen molar-refractivity contribution in [1.29, 1.82) is 0 Å². The molecule has 7 nitrogen and oxygen atoms in total. The summed E-state index contributed by atoms with van der Waals surface area (Å²) in [6, 6.07) is 6.36. The second-order valence-corrected chi connectivity index (χ2v) is 7.69. The average Bonchev–Trinajstić information content (AvgIpc) is 3.19. The SMILES string of the molecule is Cc1cc(CN2Cc3c(ccnc3N3C[C@H](O)CC3=O)C2=O)ccc1OCC(F)(F)F. The summed E-state index contributed by atoms with van der Waals surface area (Å²) in [5.74, 6) is 0.0435. The Morgan fingerprint density at radius 2 is 2.03 bits per heavy atom. The molecule has 2 aromatic rings. The van der Waals surface area contributed by atoms with Gasteiger partial charge < -0.3 is 14.7 Å². The number of aliphatic hydroxyl groups is 1. The lowest BCUT2D eigenvalue weighted by Gasteiger charge is -2.19. The lowest BCUT2D eigenvalue weighted by atomic mass is 10.1. The minimum atomic E-state index is -4.42. The van der Waals surface area contributed by atoms with Gasteiger partial charge in [0, 0.05) is 23.9 Å². The number of alkyl halides is 3. The molecule has 0 aliphatic carbocycles. The average molecular weight is 435 g/mol. The number of aryl methyl sites for hydroxylation is 1. The summed E-state index contributed by atoms with van der Waals surface area (Å²) in [5.41, 5.74) is 2.34. The van der Waals surface area contributed by atoms with Crippen LogP contribution in [0.1, 0.15) is 33.5 Å². The van der Waals surface area contributed by atoms with Gasteiger partial charge in [-0.1, -0.05) is 12.1 Å². The normalized spacial score (nSPS) is 18.7. The second-order valence-electron chi connectivity index (χ2n) is 7.69. The molecule has 164 valence electrons. The number of rotatable bonds is 5. The first-order valence-corrected chi connectivity index (χ1v) is 9.67. The van der Waals surface area contributed by atoms with E-state index in [1.54, 1.807) is 30.0 Å². The Balaban J connectivity index is 1.50. The molecule has 4 rings (SSSR count). The van der Waals surface area contributed by atoms with E-state index >= 15 is 0 Å². The first kappa shape index (κ1) is 21.1. The number of hydrogen-bond donors (Lipinski definition) is 1. The van der Waals surface area contributed by atoms with Crippen molar-refractivity contribution in [3.8, 4) is 5.75 Å². The largest absolute Gasteiger partial charge is 0.484 e. The summed E-state index contributed by atoms with van der Waals surface area (Å²) < 4.78 is 41.9. The molecular weight excluding hydrogens is 415 g/mol. The van der Waals surface area contributed by atoms with Crippen molar-refractivity contribution < 1.29 is 32.6 Å². The number of benzene rings is 1. The van der Waals surface area contributed by atoms with Gasteiger partial charge >= 0.3 is 6.18 Å². The molecule has 1 aromatic heterocycles. The first-order valence-electron chi connectivity index (χ1n) is 9.67. The van der Waals surface area contributed by atoms with Gasteiger partial charge in [0.1, 0.15) is 11.6 Å². The van der Waals surface area contributed by atoms with Crippen LogP contribution in [0.2, 0.25) is 0 Å². The van der Waals surface area contributed by atoms with Crippen LogP contribution >= 0.6 is 0 Å². The maximum atomic E-state index is 12.9. The van der Waals surface area contributed by atoms with Crippen molar-refractivity contribution in [2.45, 2.75) is 38.7 Å². The lowest BCUT2D eigenvalue weighted by Crippen LogP contribution is -2.27. The Morgan fingerprint density at radius 1 is 1.26 bits per heavy atom. The summed E-state index contributed by atoms with van der Waals surface area (Å²) in [4.78, 5) is 32.3. The molecule has 31 heavy (non-hydrogen) atoms. The summed E-state index contributed by atoms with van der Waals surface area (Å²) >= 11 is 0. The number of hydrogen-bond acceptors (Lipinski definition) is 5. The Labute approximate surface area is 176 Å². The van der Waals surface area contributed by atoms with Crippen LogP contribution in [-0.4, -0.2) is 52.2 Å². The summed E-state index contributed by atoms with van der Waals surface area (Å²) in [7, 11) is 0. The number of amides is 2. The van der Waals surface area contributed by atoms with E-state index in [2.05, 4.69) is 4.98 Å². The van der Waals surface area contributed by atoms with Gasteiger partial charge in [0.2, 0.25) is 5.91 Å². The molecule has 0 saturated carbocycles. The van der Waals surface area contributed by atoms with Crippen molar-refractivity contribution in [3.63, 3.8) is 0 Å². The zero-order valence-electron chi connectivity index (χ0n) is 16.6. The van der Waals surface area contributed by atoms with Crippen LogP contribution in [0.3, 0.4) is 0 Å². The Hall–Kier alpha value is -3.14. The van der Waals surface area contributed by atoms with E-state index in [-0.39, 0.29) is 43.6 Å². The van der Waals surface area contributed by atoms with Crippen molar-refractivity contribution in [3.05, 3.63) is 52.7 Å². The number of ether oxygens (including phenoxy) is 1. The van der Waals surface area contributed by atoms with Crippen LogP contribution in [0, 0.1) is 6.92 Å². The van der Waals surface area contributed by atoms with Gasteiger partial charge in [0.15, 0.2) is 6.61 Å². The quantitative estimate of drug-likeness (QED) is 0.781. The molecule has 1 aromatic carbocycles. The molecule has 0 radical (unpaired) electrons. The van der Waals surface area contributed by atoms with Gasteiger partial charge in [-0.25, -0.2) is 4.98 Å². The van der Waals surface area contributed by atoms with Gasteiger partial charge in [0.25, 0.3) is 5.91 Å². The summed E-state index contributed by atoms with van der Waals surface area (Å²) in [5, 5.41) is 9.77. The molecule has 1 fully saturated rings. The monoisotopic (exact) mass is 435 g/mol. The minimum absolute atomic E-state index is 0.0189. The maximum absolute atomic E-state index is 12.9. The molecular formula is C21H20F3N3O4. The molecule has 10 heteroatoms. The van der Waals surface area contributed by atoms with E-state index in [9.17, 15) is 27.9 Å². The number of carbonyl (C=O) groups excluding carboxylic acids is 2. The molecule has 2 aliphatic heterocycles.